The van der Waals surface area contributed by atoms with Gasteiger partial charge in [0.25, 0.3) is 0 Å². The summed E-state index contributed by atoms with van der Waals surface area (Å²) in [6.07, 6.45) is 7.95. The molecule has 1 saturated heterocycles. The molecule has 0 amide bonds. The van der Waals surface area contributed by atoms with Gasteiger partial charge >= 0.3 is 0 Å². The summed E-state index contributed by atoms with van der Waals surface area (Å²) in [7, 11) is 0. The van der Waals surface area contributed by atoms with E-state index in [2.05, 4.69) is 37.5 Å². The topological polar surface area (TPSA) is 3.24 Å². The maximum absolute atomic E-state index is 4.12. The molecule has 0 unspecified atom stereocenters. The van der Waals surface area contributed by atoms with Crippen LogP contribution in [-0.2, 0) is 0 Å². The van der Waals surface area contributed by atoms with Crippen molar-refractivity contribution in [2.45, 2.75) is 33.1 Å². The van der Waals surface area contributed by atoms with E-state index in [-0.39, 0.29) is 0 Å². The molecule has 0 aromatic rings. The Morgan fingerprint density at radius 2 is 2.08 bits per heavy atom. The zero-order valence-corrected chi connectivity index (χ0v) is 8.92. The molecule has 0 N–H and O–H groups in total. The molecule has 0 bridgehead atoms. The highest BCUT2D eigenvalue weighted by atomic mass is 15.1. The lowest BCUT2D eigenvalue weighted by atomic mass is 9.98. The van der Waals surface area contributed by atoms with Gasteiger partial charge in [-0.2, -0.15) is 0 Å². The Kier molecular flexibility index (Phi) is 4.07. The van der Waals surface area contributed by atoms with Crippen molar-refractivity contribution in [1.29, 1.82) is 0 Å². The van der Waals surface area contributed by atoms with Gasteiger partial charge in [-0.3, -0.25) is 0 Å². The summed E-state index contributed by atoms with van der Waals surface area (Å²) in [5.41, 5.74) is 1.28. The predicted octanol–water partition coefficient (Wildman–Crippen LogP) is 3.20. The third-order valence-corrected chi connectivity index (χ3v) is 2.82. The van der Waals surface area contributed by atoms with Crippen LogP contribution in [0.1, 0.15) is 33.1 Å². The van der Waals surface area contributed by atoms with Crippen molar-refractivity contribution >= 4 is 0 Å². The molecule has 0 aromatic heterocycles. The second-order valence-electron chi connectivity index (χ2n) is 4.01. The van der Waals surface area contributed by atoms with Crippen LogP contribution in [0, 0.1) is 5.92 Å². The van der Waals surface area contributed by atoms with Crippen LogP contribution < -0.4 is 0 Å². The Morgan fingerprint density at radius 1 is 1.46 bits per heavy atom. The van der Waals surface area contributed by atoms with Crippen LogP contribution in [0.3, 0.4) is 0 Å². The minimum Gasteiger partial charge on any atom is -0.375 e. The highest BCUT2D eigenvalue weighted by Gasteiger charge is 2.15. The summed E-state index contributed by atoms with van der Waals surface area (Å²) in [5.74, 6) is 0.908. The molecule has 74 valence electrons. The zero-order chi connectivity index (χ0) is 9.68. The Balaban J connectivity index is 2.31. The monoisotopic (exact) mass is 179 g/mol. The summed E-state index contributed by atoms with van der Waals surface area (Å²) in [4.78, 5) is 2.43. The van der Waals surface area contributed by atoms with E-state index >= 15 is 0 Å². The molecule has 0 atom stereocenters. The summed E-state index contributed by atoms with van der Waals surface area (Å²) >= 11 is 0. The lowest BCUT2D eigenvalue weighted by molar-refractivity contribution is 0.235. The molecule has 0 spiro atoms. The van der Waals surface area contributed by atoms with Crippen LogP contribution in [-0.4, -0.2) is 18.0 Å². The normalized spacial score (nSPS) is 19.7. The summed E-state index contributed by atoms with van der Waals surface area (Å²) in [5, 5.41) is 0. The number of rotatable bonds is 3. The van der Waals surface area contributed by atoms with Crippen molar-refractivity contribution in [2.75, 3.05) is 13.1 Å². The molecule has 13 heavy (non-hydrogen) atoms. The average Bonchev–Trinajstić information content (AvgIpc) is 2.15. The van der Waals surface area contributed by atoms with Crippen molar-refractivity contribution in [3.05, 3.63) is 24.4 Å². The van der Waals surface area contributed by atoms with E-state index in [1.807, 2.05) is 0 Å². The fourth-order valence-corrected chi connectivity index (χ4v) is 1.71. The Hall–Kier alpha value is -0.720. The minimum atomic E-state index is 0.908. The van der Waals surface area contributed by atoms with Crippen LogP contribution in [0.25, 0.3) is 0 Å². The molecule has 1 heterocycles. The first-order chi connectivity index (χ1) is 6.24. The molecule has 1 fully saturated rings. The number of likely N-dealkylation sites (tertiary alicyclic amines) is 1. The lowest BCUT2D eigenvalue weighted by Crippen LogP contribution is -2.31. The molecule has 1 nitrogen and oxygen atoms in total. The van der Waals surface area contributed by atoms with E-state index < -0.39 is 0 Å². The van der Waals surface area contributed by atoms with Crippen molar-refractivity contribution in [1.82, 2.24) is 4.90 Å². The SMILES string of the molecule is C=C(C/C=C\C)N1CCC(C)CC1. The van der Waals surface area contributed by atoms with Gasteiger partial charge in [0.05, 0.1) is 0 Å². The van der Waals surface area contributed by atoms with Gasteiger partial charge in [0.2, 0.25) is 0 Å². The van der Waals surface area contributed by atoms with Crippen LogP contribution >= 0.6 is 0 Å². The standard InChI is InChI=1S/C12H21N/c1-4-5-6-12(3)13-9-7-11(2)8-10-13/h4-5,11H,3,6-10H2,1-2H3/b5-4-. The van der Waals surface area contributed by atoms with Crippen LogP contribution in [0.5, 0.6) is 0 Å². The van der Waals surface area contributed by atoms with Crippen molar-refractivity contribution in [2.24, 2.45) is 5.92 Å². The molecule has 1 heteroatoms. The first-order valence-electron chi connectivity index (χ1n) is 5.28. The Morgan fingerprint density at radius 3 is 2.62 bits per heavy atom. The second kappa shape index (κ2) is 5.11. The largest absolute Gasteiger partial charge is 0.375 e. The van der Waals surface area contributed by atoms with Gasteiger partial charge < -0.3 is 4.90 Å². The fraction of sp³-hybridized carbons (Fsp3) is 0.667. The minimum absolute atomic E-state index is 0.908. The quantitative estimate of drug-likeness (QED) is 0.601. The molecule has 1 rings (SSSR count). The molecule has 0 aliphatic carbocycles. The number of hydrogen-bond donors (Lipinski definition) is 0. The number of piperidine rings is 1. The first kappa shape index (κ1) is 10.4. The molecular weight excluding hydrogens is 158 g/mol. The zero-order valence-electron chi connectivity index (χ0n) is 8.92. The predicted molar refractivity (Wildman–Crippen MR) is 58.5 cm³/mol. The maximum atomic E-state index is 4.12. The van der Waals surface area contributed by atoms with Gasteiger partial charge in [0.15, 0.2) is 0 Å². The second-order valence-corrected chi connectivity index (χ2v) is 4.01. The third kappa shape index (κ3) is 3.25. The molecular formula is C12H21N. The van der Waals surface area contributed by atoms with Crippen LogP contribution in [0.2, 0.25) is 0 Å². The van der Waals surface area contributed by atoms with E-state index in [1.54, 1.807) is 0 Å². The average molecular weight is 179 g/mol. The van der Waals surface area contributed by atoms with Crippen molar-refractivity contribution < 1.29 is 0 Å². The summed E-state index contributed by atoms with van der Waals surface area (Å²) < 4.78 is 0. The van der Waals surface area contributed by atoms with E-state index in [0.29, 0.717) is 0 Å². The van der Waals surface area contributed by atoms with E-state index in [9.17, 15) is 0 Å². The van der Waals surface area contributed by atoms with Crippen LogP contribution in [0.4, 0.5) is 0 Å². The molecule has 0 radical (unpaired) electrons. The lowest BCUT2D eigenvalue weighted by Gasteiger charge is -2.33. The fourth-order valence-electron chi connectivity index (χ4n) is 1.71. The first-order valence-corrected chi connectivity index (χ1v) is 5.28. The number of allylic oxidation sites excluding steroid dienone is 2. The van der Waals surface area contributed by atoms with Gasteiger partial charge in [-0.05, 0) is 25.7 Å². The van der Waals surface area contributed by atoms with Gasteiger partial charge in [-0.25, -0.2) is 0 Å². The van der Waals surface area contributed by atoms with Crippen molar-refractivity contribution in [3.8, 4) is 0 Å². The molecule has 1 aliphatic rings. The number of nitrogens with zero attached hydrogens (tertiary/aromatic N) is 1. The van der Waals surface area contributed by atoms with Gasteiger partial charge in [-0.15, -0.1) is 0 Å². The smallest absolute Gasteiger partial charge is 0.0177 e. The molecule has 1 aliphatic heterocycles. The highest BCUT2D eigenvalue weighted by Crippen LogP contribution is 2.20. The number of hydrogen-bond acceptors (Lipinski definition) is 1. The van der Waals surface area contributed by atoms with E-state index in [0.717, 1.165) is 12.3 Å². The van der Waals surface area contributed by atoms with E-state index in [1.165, 1.54) is 31.6 Å². The van der Waals surface area contributed by atoms with Crippen molar-refractivity contribution in [3.63, 3.8) is 0 Å². The van der Waals surface area contributed by atoms with Gasteiger partial charge in [0.1, 0.15) is 0 Å². The van der Waals surface area contributed by atoms with Gasteiger partial charge in [-0.1, -0.05) is 25.7 Å². The summed E-state index contributed by atoms with van der Waals surface area (Å²) in [6.45, 7) is 10.9. The van der Waals surface area contributed by atoms with Crippen LogP contribution in [0.15, 0.2) is 24.4 Å². The highest BCUT2D eigenvalue weighted by molar-refractivity contribution is 5.02. The Labute approximate surface area is 82.1 Å². The molecule has 0 saturated carbocycles. The Bertz CT molecular complexity index is 185. The third-order valence-electron chi connectivity index (χ3n) is 2.82. The van der Waals surface area contributed by atoms with E-state index in [4.69, 9.17) is 0 Å². The maximum Gasteiger partial charge on any atom is 0.0177 e. The summed E-state index contributed by atoms with van der Waals surface area (Å²) in [6, 6.07) is 0. The van der Waals surface area contributed by atoms with Gasteiger partial charge in [0, 0.05) is 25.2 Å². The molecule has 0 aromatic carbocycles.